The van der Waals surface area contributed by atoms with Crippen LogP contribution in [0.25, 0.3) is 0 Å². The summed E-state index contributed by atoms with van der Waals surface area (Å²) in [4.78, 5) is 24.6. The summed E-state index contributed by atoms with van der Waals surface area (Å²) in [6.45, 7) is 9.78. The van der Waals surface area contributed by atoms with E-state index in [2.05, 4.69) is 26.1 Å². The Morgan fingerprint density at radius 2 is 1.81 bits per heavy atom. The van der Waals surface area contributed by atoms with Gasteiger partial charge in [-0.1, -0.05) is 51.1 Å². The molecule has 0 spiro atoms. The number of hydrogen-bond donors (Lipinski definition) is 1. The first-order valence-electron chi connectivity index (χ1n) is 9.18. The summed E-state index contributed by atoms with van der Waals surface area (Å²) in [6.07, 6.45) is -0.796. The maximum absolute atomic E-state index is 12.4. The molecular formula is C19H31NO5Si. The van der Waals surface area contributed by atoms with Crippen LogP contribution in [0.2, 0.25) is 18.1 Å². The molecule has 1 aromatic carbocycles. The van der Waals surface area contributed by atoms with Gasteiger partial charge in [-0.25, -0.2) is 9.59 Å². The summed E-state index contributed by atoms with van der Waals surface area (Å²) in [6, 6.07) is 9.19. The Labute approximate surface area is 158 Å². The Balaban J connectivity index is 2.86. The molecule has 0 saturated heterocycles. The quantitative estimate of drug-likeness (QED) is 0.572. The number of carbonyl (C=O) groups excluding carboxylic acids is 2. The molecule has 7 heteroatoms. The van der Waals surface area contributed by atoms with Crippen molar-refractivity contribution in [3.8, 4) is 0 Å². The average molecular weight is 383 g/mol. The van der Waals surface area contributed by atoms with Crippen LogP contribution in [0.4, 0.5) is 4.79 Å². The van der Waals surface area contributed by atoms with Gasteiger partial charge in [-0.3, -0.25) is 0 Å². The molecule has 1 N–H and O–H groups in total. The Morgan fingerprint density at radius 1 is 1.19 bits per heavy atom. The lowest BCUT2D eigenvalue weighted by Crippen LogP contribution is -2.58. The highest BCUT2D eigenvalue weighted by molar-refractivity contribution is 6.74. The second kappa shape index (κ2) is 8.68. The fourth-order valence-electron chi connectivity index (χ4n) is 1.82. The summed E-state index contributed by atoms with van der Waals surface area (Å²) in [7, 11) is -0.977. The molecule has 0 aliphatic carbocycles. The molecule has 1 atom stereocenters. The van der Waals surface area contributed by atoms with Gasteiger partial charge in [-0.15, -0.1) is 0 Å². The number of esters is 1. The van der Waals surface area contributed by atoms with E-state index in [4.69, 9.17) is 15.3 Å². The van der Waals surface area contributed by atoms with Crippen molar-refractivity contribution < 1.29 is 24.9 Å². The highest BCUT2D eigenvalue weighted by Gasteiger charge is 2.43. The van der Waals surface area contributed by atoms with Crippen LogP contribution in [0, 0.1) is 0 Å². The molecule has 6 nitrogen and oxygen atoms in total. The summed E-state index contributed by atoms with van der Waals surface area (Å²) in [5, 5.41) is 2.42. The molecular weight excluding hydrogens is 350 g/mol. The van der Waals surface area contributed by atoms with Crippen molar-refractivity contribution in [2.24, 2.45) is 0 Å². The Morgan fingerprint density at radius 3 is 2.31 bits per heavy atom. The van der Waals surface area contributed by atoms with E-state index in [1.807, 2.05) is 43.4 Å². The van der Waals surface area contributed by atoms with Gasteiger partial charge < -0.3 is 19.2 Å². The van der Waals surface area contributed by atoms with Crippen molar-refractivity contribution >= 4 is 20.4 Å². The van der Waals surface area contributed by atoms with E-state index >= 15 is 0 Å². The van der Waals surface area contributed by atoms with E-state index in [0.717, 1.165) is 5.56 Å². The van der Waals surface area contributed by atoms with Crippen molar-refractivity contribution in [1.82, 2.24) is 5.32 Å². The number of methoxy groups -OCH3 is 1. The lowest BCUT2D eigenvalue weighted by atomic mass is 10.1. The van der Waals surface area contributed by atoms with Crippen LogP contribution in [0.3, 0.4) is 0 Å². The van der Waals surface area contributed by atoms with Crippen molar-refractivity contribution in [3.05, 3.63) is 35.9 Å². The van der Waals surface area contributed by atoms with E-state index in [1.54, 1.807) is 0 Å². The normalized spacial score (nSPS) is 14.8. The second-order valence-electron chi connectivity index (χ2n) is 7.81. The fraction of sp³-hybridized carbons (Fsp3) is 0.579. The molecule has 0 fully saturated rings. The molecule has 0 heterocycles. The van der Waals surface area contributed by atoms with Gasteiger partial charge in [0.15, 0.2) is 13.9 Å². The van der Waals surface area contributed by atoms with E-state index < -0.39 is 32.8 Å². The molecule has 146 valence electrons. The molecule has 1 amide bonds. The van der Waals surface area contributed by atoms with Gasteiger partial charge in [0.2, 0.25) is 0 Å². The molecule has 0 radical (unpaired) electrons. The number of benzene rings is 1. The van der Waals surface area contributed by atoms with Crippen molar-refractivity contribution in [2.45, 2.75) is 57.9 Å². The smallest absolute Gasteiger partial charge is 0.408 e. The molecule has 0 unspecified atom stereocenters. The van der Waals surface area contributed by atoms with Crippen LogP contribution < -0.4 is 5.32 Å². The first-order valence-corrected chi connectivity index (χ1v) is 11.4. The van der Waals surface area contributed by atoms with E-state index in [-0.39, 0.29) is 18.3 Å². The first-order chi connectivity index (χ1) is 12.5. The molecule has 0 aliphatic rings. The highest BCUT2D eigenvalue weighted by Crippen LogP contribution is 2.37. The summed E-state index contributed by atoms with van der Waals surface area (Å²) >= 11 is 0. The standard InChI is InChI=1S/C19H31NO5Si/c1-18(2,3)26(6,7)25-14-19(4,16(21)23-5)20-17(22)24-13-15-11-9-8-10-12-15/h8-12H,13-14H2,1-7H3,(H,20,22)/t19-/m0/s1/i4D. The number of ether oxygens (including phenoxy) is 2. The minimum atomic E-state index is -2.19. The van der Waals surface area contributed by atoms with Gasteiger partial charge in [0.1, 0.15) is 6.61 Å². The van der Waals surface area contributed by atoms with Crippen LogP contribution in [-0.4, -0.2) is 39.6 Å². The molecule has 1 rings (SSSR count). The number of alkyl carbamates (subject to hydrolysis) is 1. The zero-order chi connectivity index (χ0) is 20.7. The lowest BCUT2D eigenvalue weighted by Gasteiger charge is -2.39. The Bertz CT molecular complexity index is 633. The van der Waals surface area contributed by atoms with Crippen LogP contribution in [0.5, 0.6) is 0 Å². The maximum Gasteiger partial charge on any atom is 0.408 e. The van der Waals surface area contributed by atoms with Crippen molar-refractivity contribution in [3.63, 3.8) is 0 Å². The maximum atomic E-state index is 12.4. The van der Waals surface area contributed by atoms with E-state index in [9.17, 15) is 9.59 Å². The second-order valence-corrected chi connectivity index (χ2v) is 12.6. The predicted octanol–water partition coefficient (Wildman–Crippen LogP) is 3.87. The van der Waals surface area contributed by atoms with Gasteiger partial charge in [0.05, 0.1) is 13.7 Å². The number of rotatable bonds is 7. The van der Waals surface area contributed by atoms with Crippen molar-refractivity contribution in [1.29, 1.82) is 0 Å². The molecule has 0 bridgehead atoms. The Hall–Kier alpha value is -1.86. The summed E-state index contributed by atoms with van der Waals surface area (Å²) in [5.41, 5.74) is -0.794. The van der Waals surface area contributed by atoms with Crippen molar-refractivity contribution in [2.75, 3.05) is 13.7 Å². The molecule has 1 aromatic rings. The zero-order valence-electron chi connectivity index (χ0n) is 17.5. The topological polar surface area (TPSA) is 73.9 Å². The fourth-order valence-corrected chi connectivity index (χ4v) is 2.86. The van der Waals surface area contributed by atoms with E-state index in [1.165, 1.54) is 7.11 Å². The molecule has 0 aliphatic heterocycles. The molecule has 0 saturated carbocycles. The SMILES string of the molecule is [2H]C[C@@](CO[Si](C)(C)C(C)(C)C)(NC(=O)OCc1ccccc1)C(=O)OC. The minimum absolute atomic E-state index is 0.0605. The third kappa shape index (κ3) is 6.14. The lowest BCUT2D eigenvalue weighted by molar-refractivity contribution is -0.149. The largest absolute Gasteiger partial charge is 0.467 e. The molecule has 0 aromatic heterocycles. The van der Waals surface area contributed by atoms with E-state index in [0.29, 0.717) is 0 Å². The van der Waals surface area contributed by atoms with Crippen LogP contribution >= 0.6 is 0 Å². The average Bonchev–Trinajstić information content (AvgIpc) is 2.62. The van der Waals surface area contributed by atoms with Gasteiger partial charge >= 0.3 is 12.1 Å². The van der Waals surface area contributed by atoms with Gasteiger partial charge in [-0.05, 0) is 30.6 Å². The summed E-state index contributed by atoms with van der Waals surface area (Å²) < 4.78 is 24.0. The highest BCUT2D eigenvalue weighted by atomic mass is 28.4. The van der Waals surface area contributed by atoms with Crippen LogP contribution in [0.1, 0.15) is 34.6 Å². The third-order valence-electron chi connectivity index (χ3n) is 4.62. The van der Waals surface area contributed by atoms with Gasteiger partial charge in [-0.2, -0.15) is 0 Å². The monoisotopic (exact) mass is 382 g/mol. The van der Waals surface area contributed by atoms with Gasteiger partial charge in [0, 0.05) is 1.37 Å². The predicted molar refractivity (Wildman–Crippen MR) is 103 cm³/mol. The number of carbonyl (C=O) groups is 2. The first kappa shape index (κ1) is 20.4. The van der Waals surface area contributed by atoms with Crippen LogP contribution in [0.15, 0.2) is 30.3 Å². The number of nitrogens with one attached hydrogen (secondary N) is 1. The molecule has 26 heavy (non-hydrogen) atoms. The third-order valence-corrected chi connectivity index (χ3v) is 9.09. The summed E-state index contributed by atoms with van der Waals surface area (Å²) in [5.74, 6) is -0.729. The van der Waals surface area contributed by atoms with Gasteiger partial charge in [0.25, 0.3) is 0 Å². The Kier molecular flexibility index (Phi) is 6.83. The van der Waals surface area contributed by atoms with Crippen LogP contribution in [-0.2, 0) is 25.3 Å². The minimum Gasteiger partial charge on any atom is -0.467 e. The number of hydrogen-bond acceptors (Lipinski definition) is 5. The number of amides is 1. The zero-order valence-corrected chi connectivity index (χ0v) is 17.5.